The number of H-pyrrole nitrogens is 1. The molecule has 0 unspecified atom stereocenters. The Hall–Kier alpha value is -3.22. The van der Waals surface area contributed by atoms with Gasteiger partial charge in [0.2, 0.25) is 5.91 Å². The maximum absolute atomic E-state index is 13.5. The molecular formula is C18H16FN3O3. The fraction of sp³-hybridized carbons (Fsp3) is 0.167. The number of aromatic amines is 1. The summed E-state index contributed by atoms with van der Waals surface area (Å²) in [6.45, 7) is 0.0939. The number of carbonyl (C=O) groups is 1. The van der Waals surface area contributed by atoms with Crippen LogP contribution in [0.1, 0.15) is 12.0 Å². The van der Waals surface area contributed by atoms with Gasteiger partial charge in [-0.15, -0.1) is 0 Å². The Kier molecular flexibility index (Phi) is 4.74. The molecule has 1 amide bonds. The molecule has 0 atom stereocenters. The van der Waals surface area contributed by atoms with Gasteiger partial charge in [0, 0.05) is 18.5 Å². The highest BCUT2D eigenvalue weighted by molar-refractivity contribution is 5.80. The number of halogens is 1. The van der Waals surface area contributed by atoms with E-state index < -0.39 is 5.82 Å². The summed E-state index contributed by atoms with van der Waals surface area (Å²) in [5, 5.41) is 5.68. The number of aromatic nitrogens is 2. The van der Waals surface area contributed by atoms with Crippen molar-refractivity contribution in [2.75, 3.05) is 0 Å². The van der Waals surface area contributed by atoms with E-state index in [1.807, 2.05) is 0 Å². The van der Waals surface area contributed by atoms with E-state index in [0.717, 1.165) is 4.68 Å². The van der Waals surface area contributed by atoms with Gasteiger partial charge >= 0.3 is 0 Å². The highest BCUT2D eigenvalue weighted by Gasteiger charge is 2.09. The first kappa shape index (κ1) is 16.6. The minimum absolute atomic E-state index is 0.0113. The Morgan fingerprint density at radius 3 is 2.48 bits per heavy atom. The topological polar surface area (TPSA) is 84.0 Å². The minimum Gasteiger partial charge on any atom is -0.352 e. The zero-order valence-electron chi connectivity index (χ0n) is 13.3. The molecule has 2 N–H and O–H groups in total. The first-order valence-corrected chi connectivity index (χ1v) is 7.78. The van der Waals surface area contributed by atoms with Crippen LogP contribution in [0.5, 0.6) is 0 Å². The molecular weight excluding hydrogens is 325 g/mol. The molecule has 0 fully saturated rings. The van der Waals surface area contributed by atoms with E-state index in [1.54, 1.807) is 42.5 Å². The molecule has 0 saturated carbocycles. The number of aryl methyl sites for hydroxylation is 1. The van der Waals surface area contributed by atoms with Crippen molar-refractivity contribution in [3.05, 3.63) is 80.6 Å². The predicted octanol–water partition coefficient (Wildman–Crippen LogP) is 1.54. The maximum Gasteiger partial charge on any atom is 0.273 e. The Morgan fingerprint density at radius 1 is 1.04 bits per heavy atom. The van der Waals surface area contributed by atoms with Gasteiger partial charge in [-0.25, -0.2) is 9.07 Å². The maximum atomic E-state index is 13.5. The Bertz CT molecular complexity index is 1040. The van der Waals surface area contributed by atoms with Crippen LogP contribution in [0.3, 0.4) is 0 Å². The summed E-state index contributed by atoms with van der Waals surface area (Å²) >= 11 is 0. The molecule has 7 heteroatoms. The smallest absolute Gasteiger partial charge is 0.273 e. The lowest BCUT2D eigenvalue weighted by atomic mass is 10.2. The van der Waals surface area contributed by atoms with Gasteiger partial charge in [-0.05, 0) is 18.2 Å². The third-order valence-electron chi connectivity index (χ3n) is 3.88. The van der Waals surface area contributed by atoms with Crippen LogP contribution >= 0.6 is 0 Å². The van der Waals surface area contributed by atoms with Crippen LogP contribution in [0.15, 0.2) is 58.1 Å². The monoisotopic (exact) mass is 341 g/mol. The van der Waals surface area contributed by atoms with E-state index in [4.69, 9.17) is 0 Å². The third kappa shape index (κ3) is 3.65. The first-order valence-electron chi connectivity index (χ1n) is 7.78. The molecule has 0 saturated heterocycles. The van der Waals surface area contributed by atoms with Gasteiger partial charge in [-0.2, -0.15) is 0 Å². The molecule has 25 heavy (non-hydrogen) atoms. The molecule has 128 valence electrons. The molecule has 1 aromatic heterocycles. The minimum atomic E-state index is -0.391. The van der Waals surface area contributed by atoms with E-state index in [0.29, 0.717) is 16.3 Å². The van der Waals surface area contributed by atoms with E-state index in [9.17, 15) is 18.8 Å². The molecule has 3 aromatic rings. The van der Waals surface area contributed by atoms with E-state index in [2.05, 4.69) is 10.4 Å². The highest BCUT2D eigenvalue weighted by Crippen LogP contribution is 2.06. The average Bonchev–Trinajstić information content (AvgIpc) is 2.63. The molecule has 3 rings (SSSR count). The van der Waals surface area contributed by atoms with Crippen molar-refractivity contribution in [3.8, 4) is 0 Å². The first-order chi connectivity index (χ1) is 12.1. The fourth-order valence-corrected chi connectivity index (χ4v) is 2.54. The van der Waals surface area contributed by atoms with Crippen molar-refractivity contribution in [1.29, 1.82) is 0 Å². The van der Waals surface area contributed by atoms with Crippen molar-refractivity contribution >= 4 is 16.7 Å². The lowest BCUT2D eigenvalue weighted by molar-refractivity contribution is -0.121. The molecule has 0 aliphatic rings. The predicted molar refractivity (Wildman–Crippen MR) is 91.7 cm³/mol. The van der Waals surface area contributed by atoms with Gasteiger partial charge in [0.15, 0.2) is 0 Å². The number of nitrogens with zero attached hydrogens (tertiary/aromatic N) is 1. The number of benzene rings is 2. The summed E-state index contributed by atoms with van der Waals surface area (Å²) in [5.74, 6) is -0.734. The summed E-state index contributed by atoms with van der Waals surface area (Å²) in [7, 11) is 0. The number of fused-ring (bicyclic) bond motifs is 1. The van der Waals surface area contributed by atoms with Gasteiger partial charge < -0.3 is 5.32 Å². The molecule has 0 radical (unpaired) electrons. The summed E-state index contributed by atoms with van der Waals surface area (Å²) in [5.41, 5.74) is -0.369. The SMILES string of the molecule is O=C(CCn1[nH]c(=O)c2ccccc2c1=O)NCc1ccccc1F. The second kappa shape index (κ2) is 7.12. The van der Waals surface area contributed by atoms with Crippen LogP contribution in [0.25, 0.3) is 10.8 Å². The molecule has 0 spiro atoms. The Morgan fingerprint density at radius 2 is 1.72 bits per heavy atom. The number of amides is 1. The average molecular weight is 341 g/mol. The molecule has 6 nitrogen and oxygen atoms in total. The van der Waals surface area contributed by atoms with Crippen LogP contribution in [0.2, 0.25) is 0 Å². The highest BCUT2D eigenvalue weighted by atomic mass is 19.1. The largest absolute Gasteiger partial charge is 0.352 e. The molecule has 0 aliphatic carbocycles. The Labute approximate surface area is 141 Å². The van der Waals surface area contributed by atoms with E-state index >= 15 is 0 Å². The van der Waals surface area contributed by atoms with Crippen molar-refractivity contribution in [2.45, 2.75) is 19.5 Å². The summed E-state index contributed by atoms with van der Waals surface area (Å²) < 4.78 is 14.6. The normalized spacial score (nSPS) is 10.8. The van der Waals surface area contributed by atoms with Crippen LogP contribution < -0.4 is 16.4 Å². The van der Waals surface area contributed by atoms with Crippen molar-refractivity contribution < 1.29 is 9.18 Å². The quantitative estimate of drug-likeness (QED) is 0.738. The van der Waals surface area contributed by atoms with E-state index in [1.165, 1.54) is 6.07 Å². The van der Waals surface area contributed by atoms with Gasteiger partial charge in [0.05, 0.1) is 17.3 Å². The van der Waals surface area contributed by atoms with Gasteiger partial charge in [-0.1, -0.05) is 30.3 Å². The summed E-state index contributed by atoms with van der Waals surface area (Å²) in [6.07, 6.45) is -0.0113. The Balaban J connectivity index is 1.67. The van der Waals surface area contributed by atoms with Crippen LogP contribution in [-0.4, -0.2) is 15.7 Å². The summed E-state index contributed by atoms with van der Waals surface area (Å²) in [6, 6.07) is 12.7. The number of hydrogen-bond acceptors (Lipinski definition) is 3. The number of rotatable bonds is 5. The number of carbonyl (C=O) groups excluding carboxylic acids is 1. The number of nitrogens with one attached hydrogen (secondary N) is 2. The van der Waals surface area contributed by atoms with Gasteiger partial charge in [0.1, 0.15) is 5.82 Å². The lowest BCUT2D eigenvalue weighted by Gasteiger charge is -2.08. The van der Waals surface area contributed by atoms with Crippen LogP contribution in [0, 0.1) is 5.82 Å². The lowest BCUT2D eigenvalue weighted by Crippen LogP contribution is -2.32. The number of hydrogen-bond donors (Lipinski definition) is 2. The zero-order chi connectivity index (χ0) is 17.8. The second-order valence-corrected chi connectivity index (χ2v) is 5.56. The molecule has 0 bridgehead atoms. The fourth-order valence-electron chi connectivity index (χ4n) is 2.54. The molecule has 1 heterocycles. The van der Waals surface area contributed by atoms with Crippen molar-refractivity contribution in [2.24, 2.45) is 0 Å². The van der Waals surface area contributed by atoms with Crippen molar-refractivity contribution in [3.63, 3.8) is 0 Å². The van der Waals surface area contributed by atoms with Gasteiger partial charge in [-0.3, -0.25) is 19.5 Å². The summed E-state index contributed by atoms with van der Waals surface area (Å²) in [4.78, 5) is 36.2. The van der Waals surface area contributed by atoms with Gasteiger partial charge in [0.25, 0.3) is 11.1 Å². The second-order valence-electron chi connectivity index (χ2n) is 5.56. The molecule has 2 aromatic carbocycles. The van der Waals surface area contributed by atoms with Crippen LogP contribution in [-0.2, 0) is 17.9 Å². The zero-order valence-corrected chi connectivity index (χ0v) is 13.3. The molecule has 0 aliphatic heterocycles. The van der Waals surface area contributed by atoms with Crippen molar-refractivity contribution in [1.82, 2.24) is 15.1 Å². The van der Waals surface area contributed by atoms with Crippen LogP contribution in [0.4, 0.5) is 4.39 Å². The third-order valence-corrected chi connectivity index (χ3v) is 3.88. The standard InChI is InChI=1S/C18H16FN3O3/c19-15-8-4-1-5-12(15)11-20-16(23)9-10-22-18(25)14-7-3-2-6-13(14)17(24)21-22/h1-8H,9-11H2,(H,20,23)(H,21,24). The van der Waals surface area contributed by atoms with E-state index in [-0.39, 0.29) is 36.5 Å².